The fourth-order valence-electron chi connectivity index (χ4n) is 1.64. The number of nitrogens with two attached hydrogens (primary N) is 1. The van der Waals surface area contributed by atoms with Crippen molar-refractivity contribution in [2.24, 2.45) is 0 Å². The largest absolute Gasteiger partial charge is 0.396 e. The van der Waals surface area contributed by atoms with Gasteiger partial charge in [-0.3, -0.25) is 9.48 Å². The molecule has 0 spiro atoms. The predicted molar refractivity (Wildman–Crippen MR) is 72.4 cm³/mol. The maximum absolute atomic E-state index is 11.8. The van der Waals surface area contributed by atoms with Gasteiger partial charge >= 0.3 is 0 Å². The second-order valence-corrected chi connectivity index (χ2v) is 4.61. The second kappa shape index (κ2) is 7.00. The highest BCUT2D eigenvalue weighted by Crippen LogP contribution is 2.09. The van der Waals surface area contributed by atoms with Crippen LogP contribution in [0.3, 0.4) is 0 Å². The van der Waals surface area contributed by atoms with Crippen molar-refractivity contribution in [3.63, 3.8) is 0 Å². The van der Waals surface area contributed by atoms with E-state index in [1.807, 2.05) is 14.1 Å². The summed E-state index contributed by atoms with van der Waals surface area (Å²) in [6.45, 7) is 4.41. The van der Waals surface area contributed by atoms with Gasteiger partial charge < -0.3 is 16.0 Å². The summed E-state index contributed by atoms with van der Waals surface area (Å²) in [6, 6.07) is 0. The summed E-state index contributed by atoms with van der Waals surface area (Å²) in [6.07, 6.45) is 3.58. The van der Waals surface area contributed by atoms with E-state index in [1.54, 1.807) is 10.9 Å². The van der Waals surface area contributed by atoms with E-state index in [2.05, 4.69) is 22.2 Å². The summed E-state index contributed by atoms with van der Waals surface area (Å²) < 4.78 is 1.71. The molecule has 0 saturated carbocycles. The highest BCUT2D eigenvalue weighted by Gasteiger charge is 2.13. The van der Waals surface area contributed by atoms with Crippen molar-refractivity contribution in [1.82, 2.24) is 20.0 Å². The van der Waals surface area contributed by atoms with E-state index >= 15 is 0 Å². The molecule has 3 N–H and O–H groups in total. The second-order valence-electron chi connectivity index (χ2n) is 4.61. The van der Waals surface area contributed by atoms with Crippen LogP contribution in [-0.4, -0.2) is 47.8 Å². The number of rotatable bonds is 7. The predicted octanol–water partition coefficient (Wildman–Crippen LogP) is 0.557. The molecule has 1 aromatic heterocycles. The lowest BCUT2D eigenvalue weighted by molar-refractivity contribution is 0.0947. The van der Waals surface area contributed by atoms with Gasteiger partial charge in [0.1, 0.15) is 0 Å². The highest BCUT2D eigenvalue weighted by molar-refractivity contribution is 5.96. The average molecular weight is 253 g/mol. The summed E-state index contributed by atoms with van der Waals surface area (Å²) in [5.74, 6) is -0.193. The van der Waals surface area contributed by atoms with Crippen LogP contribution in [0.4, 0.5) is 5.69 Å². The van der Waals surface area contributed by atoms with E-state index in [-0.39, 0.29) is 5.91 Å². The van der Waals surface area contributed by atoms with Crippen LogP contribution < -0.4 is 11.1 Å². The lowest BCUT2D eigenvalue weighted by atomic mass is 10.3. The van der Waals surface area contributed by atoms with Gasteiger partial charge in [-0.25, -0.2) is 0 Å². The van der Waals surface area contributed by atoms with E-state index in [1.165, 1.54) is 0 Å². The molecule has 1 rings (SSSR count). The molecule has 0 radical (unpaired) electrons. The van der Waals surface area contributed by atoms with Crippen LogP contribution in [0.1, 0.15) is 30.3 Å². The van der Waals surface area contributed by atoms with Crippen LogP contribution in [0, 0.1) is 0 Å². The third-order valence-electron chi connectivity index (χ3n) is 2.53. The lowest BCUT2D eigenvalue weighted by Crippen LogP contribution is -2.28. The molecule has 0 fully saturated rings. The minimum Gasteiger partial charge on any atom is -0.396 e. The average Bonchev–Trinajstić information content (AvgIpc) is 2.66. The van der Waals surface area contributed by atoms with Gasteiger partial charge in [-0.2, -0.15) is 5.10 Å². The molecule has 6 heteroatoms. The van der Waals surface area contributed by atoms with Crippen molar-refractivity contribution in [2.75, 3.05) is 32.9 Å². The number of amides is 1. The Balaban J connectivity index is 2.45. The number of aryl methyl sites for hydroxylation is 1. The molecule has 18 heavy (non-hydrogen) atoms. The Morgan fingerprint density at radius 3 is 2.89 bits per heavy atom. The van der Waals surface area contributed by atoms with Crippen LogP contribution in [0.15, 0.2) is 6.20 Å². The Morgan fingerprint density at radius 1 is 1.56 bits per heavy atom. The Labute approximate surface area is 108 Å². The van der Waals surface area contributed by atoms with Crippen molar-refractivity contribution >= 4 is 11.6 Å². The standard InChI is InChI=1S/C12H23N5O/c1-4-7-17-9-10(13)11(15-17)12(18)14-6-5-8-16(2)3/h9H,4-8,13H2,1-3H3,(H,14,18). The maximum Gasteiger partial charge on any atom is 0.273 e. The van der Waals surface area contributed by atoms with Gasteiger partial charge in [-0.15, -0.1) is 0 Å². The Morgan fingerprint density at radius 2 is 2.28 bits per heavy atom. The minimum absolute atomic E-state index is 0.193. The summed E-state index contributed by atoms with van der Waals surface area (Å²) in [7, 11) is 4.01. The van der Waals surface area contributed by atoms with Crippen LogP contribution >= 0.6 is 0 Å². The number of carbonyl (C=O) groups is 1. The molecule has 0 saturated heterocycles. The summed E-state index contributed by atoms with van der Waals surface area (Å²) >= 11 is 0. The molecular formula is C12H23N5O. The van der Waals surface area contributed by atoms with Crippen LogP contribution in [0.5, 0.6) is 0 Å². The molecule has 0 aliphatic heterocycles. The number of anilines is 1. The number of nitrogen functional groups attached to an aromatic ring is 1. The molecule has 1 aromatic rings. The molecule has 1 heterocycles. The number of hydrogen-bond acceptors (Lipinski definition) is 4. The van der Waals surface area contributed by atoms with Gasteiger partial charge in [0.25, 0.3) is 5.91 Å². The molecule has 0 aliphatic rings. The van der Waals surface area contributed by atoms with Gasteiger partial charge in [-0.05, 0) is 33.5 Å². The Hall–Kier alpha value is -1.56. The van der Waals surface area contributed by atoms with E-state index in [0.717, 1.165) is 25.9 Å². The first-order chi connectivity index (χ1) is 8.54. The highest BCUT2D eigenvalue weighted by atomic mass is 16.1. The number of nitrogens with one attached hydrogen (secondary N) is 1. The summed E-state index contributed by atoms with van der Waals surface area (Å²) in [4.78, 5) is 13.9. The normalized spacial score (nSPS) is 10.9. The van der Waals surface area contributed by atoms with Crippen LogP contribution in [0.2, 0.25) is 0 Å². The van der Waals surface area contributed by atoms with E-state index in [9.17, 15) is 4.79 Å². The van der Waals surface area contributed by atoms with E-state index in [4.69, 9.17) is 5.73 Å². The molecular weight excluding hydrogens is 230 g/mol. The molecule has 0 aliphatic carbocycles. The van der Waals surface area contributed by atoms with Gasteiger partial charge in [0.05, 0.1) is 5.69 Å². The van der Waals surface area contributed by atoms with Crippen LogP contribution in [-0.2, 0) is 6.54 Å². The molecule has 0 aromatic carbocycles. The monoisotopic (exact) mass is 253 g/mol. The smallest absolute Gasteiger partial charge is 0.273 e. The van der Waals surface area contributed by atoms with Crippen molar-refractivity contribution in [2.45, 2.75) is 26.3 Å². The third-order valence-corrected chi connectivity index (χ3v) is 2.53. The van der Waals surface area contributed by atoms with Gasteiger partial charge in [0.2, 0.25) is 0 Å². The summed E-state index contributed by atoms with van der Waals surface area (Å²) in [5.41, 5.74) is 6.54. The SMILES string of the molecule is CCCn1cc(N)c(C(=O)NCCCN(C)C)n1. The topological polar surface area (TPSA) is 76.2 Å². The molecule has 0 atom stereocenters. The zero-order valence-corrected chi connectivity index (χ0v) is 11.4. The quantitative estimate of drug-likeness (QED) is 0.696. The molecule has 0 bridgehead atoms. The van der Waals surface area contributed by atoms with Crippen molar-refractivity contribution in [3.05, 3.63) is 11.9 Å². The van der Waals surface area contributed by atoms with Gasteiger partial charge in [0.15, 0.2) is 5.69 Å². The third kappa shape index (κ3) is 4.37. The number of aromatic nitrogens is 2. The zero-order valence-electron chi connectivity index (χ0n) is 11.4. The zero-order chi connectivity index (χ0) is 13.5. The minimum atomic E-state index is -0.193. The first-order valence-electron chi connectivity index (χ1n) is 6.30. The lowest BCUT2D eigenvalue weighted by Gasteiger charge is -2.09. The van der Waals surface area contributed by atoms with Crippen molar-refractivity contribution in [3.8, 4) is 0 Å². The molecule has 0 unspecified atom stereocenters. The van der Waals surface area contributed by atoms with Crippen molar-refractivity contribution < 1.29 is 4.79 Å². The molecule has 1 amide bonds. The van der Waals surface area contributed by atoms with Gasteiger partial charge in [-0.1, -0.05) is 6.92 Å². The van der Waals surface area contributed by atoms with Crippen LogP contribution in [0.25, 0.3) is 0 Å². The number of hydrogen-bond donors (Lipinski definition) is 2. The first kappa shape index (κ1) is 14.5. The Bertz CT molecular complexity index is 386. The van der Waals surface area contributed by atoms with Crippen molar-refractivity contribution in [1.29, 1.82) is 0 Å². The van der Waals surface area contributed by atoms with Gasteiger partial charge in [0, 0.05) is 19.3 Å². The first-order valence-corrected chi connectivity index (χ1v) is 6.30. The van der Waals surface area contributed by atoms with E-state index < -0.39 is 0 Å². The van der Waals surface area contributed by atoms with E-state index in [0.29, 0.717) is 17.9 Å². The number of nitrogens with zero attached hydrogens (tertiary/aromatic N) is 3. The Kier molecular flexibility index (Phi) is 5.64. The molecule has 102 valence electrons. The summed E-state index contributed by atoms with van der Waals surface area (Å²) in [5, 5.41) is 7.01. The maximum atomic E-state index is 11.8. The number of carbonyl (C=O) groups excluding carboxylic acids is 1. The fourth-order valence-corrected chi connectivity index (χ4v) is 1.64. The fraction of sp³-hybridized carbons (Fsp3) is 0.667. The molecule has 6 nitrogen and oxygen atoms in total.